The van der Waals surface area contributed by atoms with Gasteiger partial charge in [-0.1, -0.05) is 40.5 Å². The molecule has 7 heteroatoms. The number of anilines is 1. The van der Waals surface area contributed by atoms with Gasteiger partial charge in [-0.15, -0.1) is 0 Å². The number of halogens is 3. The van der Waals surface area contributed by atoms with E-state index in [2.05, 4.69) is 10.5 Å². The van der Waals surface area contributed by atoms with Gasteiger partial charge in [0.25, 0.3) is 5.91 Å². The highest BCUT2D eigenvalue weighted by molar-refractivity contribution is 6.31. The minimum atomic E-state index is -0.561. The third-order valence-corrected chi connectivity index (χ3v) is 3.55. The molecule has 3 rings (SSSR count). The van der Waals surface area contributed by atoms with Crippen LogP contribution in [0, 0.1) is 5.82 Å². The van der Waals surface area contributed by atoms with Crippen LogP contribution in [0.2, 0.25) is 10.0 Å². The predicted molar refractivity (Wildman–Crippen MR) is 86.3 cm³/mol. The first kappa shape index (κ1) is 15.5. The molecule has 0 spiro atoms. The van der Waals surface area contributed by atoms with E-state index in [1.807, 2.05) is 0 Å². The molecule has 116 valence electrons. The maximum Gasteiger partial charge on any atom is 0.277 e. The zero-order chi connectivity index (χ0) is 16.4. The van der Waals surface area contributed by atoms with E-state index < -0.39 is 11.7 Å². The Hall–Kier alpha value is -2.37. The summed E-state index contributed by atoms with van der Waals surface area (Å²) in [7, 11) is 0. The van der Waals surface area contributed by atoms with Crippen LogP contribution in [0.5, 0.6) is 0 Å². The van der Waals surface area contributed by atoms with Crippen LogP contribution in [-0.4, -0.2) is 11.1 Å². The molecule has 1 amide bonds. The highest BCUT2D eigenvalue weighted by Crippen LogP contribution is 2.24. The van der Waals surface area contributed by atoms with Gasteiger partial charge in [0.15, 0.2) is 11.5 Å². The Labute approximate surface area is 140 Å². The lowest BCUT2D eigenvalue weighted by Gasteiger charge is -2.03. The molecule has 23 heavy (non-hydrogen) atoms. The van der Waals surface area contributed by atoms with Crippen molar-refractivity contribution in [3.63, 3.8) is 0 Å². The van der Waals surface area contributed by atoms with Crippen LogP contribution in [0.15, 0.2) is 53.1 Å². The van der Waals surface area contributed by atoms with Crippen LogP contribution in [-0.2, 0) is 0 Å². The van der Waals surface area contributed by atoms with E-state index in [4.69, 9.17) is 27.7 Å². The number of hydrogen-bond donors (Lipinski definition) is 1. The summed E-state index contributed by atoms with van der Waals surface area (Å²) in [6, 6.07) is 12.3. The number of benzene rings is 2. The number of rotatable bonds is 3. The van der Waals surface area contributed by atoms with Crippen LogP contribution < -0.4 is 5.32 Å². The first-order valence-corrected chi connectivity index (χ1v) is 7.27. The predicted octanol–water partition coefficient (Wildman–Crippen LogP) is 5.04. The molecule has 0 radical (unpaired) electrons. The first-order chi connectivity index (χ1) is 11.0. The minimum absolute atomic E-state index is 0.0810. The monoisotopic (exact) mass is 350 g/mol. The molecule has 0 aliphatic carbocycles. The molecule has 1 aromatic heterocycles. The molecule has 1 heterocycles. The summed E-state index contributed by atoms with van der Waals surface area (Å²) in [5.41, 5.74) is 1.14. The molecule has 0 atom stereocenters. The molecule has 0 aliphatic rings. The summed E-state index contributed by atoms with van der Waals surface area (Å²) >= 11 is 11.6. The molecule has 1 N–H and O–H groups in total. The Morgan fingerprint density at radius 1 is 1.13 bits per heavy atom. The van der Waals surface area contributed by atoms with E-state index in [1.54, 1.807) is 24.3 Å². The van der Waals surface area contributed by atoms with Gasteiger partial charge in [0.2, 0.25) is 0 Å². The number of hydrogen-bond acceptors (Lipinski definition) is 3. The summed E-state index contributed by atoms with van der Waals surface area (Å²) in [4.78, 5) is 12.1. The van der Waals surface area contributed by atoms with Crippen molar-refractivity contribution in [1.82, 2.24) is 5.16 Å². The van der Waals surface area contributed by atoms with Crippen LogP contribution in [0.4, 0.5) is 10.1 Å². The Kier molecular flexibility index (Phi) is 4.32. The van der Waals surface area contributed by atoms with Crippen molar-refractivity contribution in [1.29, 1.82) is 0 Å². The molecule has 0 aliphatic heterocycles. The molecule has 4 nitrogen and oxygen atoms in total. The van der Waals surface area contributed by atoms with Gasteiger partial charge in [0.05, 0.1) is 5.02 Å². The van der Waals surface area contributed by atoms with Crippen molar-refractivity contribution >= 4 is 34.8 Å². The van der Waals surface area contributed by atoms with Crippen molar-refractivity contribution in [3.05, 3.63) is 70.1 Å². The maximum absolute atomic E-state index is 13.1. The second-order valence-corrected chi connectivity index (χ2v) is 5.51. The number of nitrogens with one attached hydrogen (secondary N) is 1. The van der Waals surface area contributed by atoms with Crippen molar-refractivity contribution in [2.24, 2.45) is 0 Å². The summed E-state index contributed by atoms with van der Waals surface area (Å²) in [6.45, 7) is 0. The number of nitrogens with zero attached hydrogens (tertiary/aromatic N) is 1. The topological polar surface area (TPSA) is 55.1 Å². The molecule has 2 aromatic carbocycles. The number of carbonyl (C=O) groups excluding carboxylic acids is 1. The van der Waals surface area contributed by atoms with Crippen LogP contribution in [0.3, 0.4) is 0 Å². The highest BCUT2D eigenvalue weighted by atomic mass is 35.5. The summed E-state index contributed by atoms with van der Waals surface area (Å²) in [5.74, 6) is -0.645. The average Bonchev–Trinajstić information content (AvgIpc) is 3.01. The van der Waals surface area contributed by atoms with E-state index in [-0.39, 0.29) is 10.7 Å². The van der Waals surface area contributed by atoms with E-state index in [9.17, 15) is 9.18 Å². The summed E-state index contributed by atoms with van der Waals surface area (Å²) < 4.78 is 18.3. The summed E-state index contributed by atoms with van der Waals surface area (Å²) in [6.07, 6.45) is 0. The van der Waals surface area contributed by atoms with Gasteiger partial charge in [-0.3, -0.25) is 4.79 Å². The largest absolute Gasteiger partial charge is 0.355 e. The fourth-order valence-electron chi connectivity index (χ4n) is 1.93. The SMILES string of the molecule is O=C(Nc1ccc(F)c(Cl)c1)c1cc(-c2cccc(Cl)c2)on1. The number of amides is 1. The average molecular weight is 351 g/mol. The van der Waals surface area contributed by atoms with E-state index in [0.29, 0.717) is 22.0 Å². The van der Waals surface area contributed by atoms with Gasteiger partial charge in [-0.05, 0) is 30.3 Å². The van der Waals surface area contributed by atoms with Gasteiger partial charge in [0.1, 0.15) is 5.82 Å². The smallest absolute Gasteiger partial charge is 0.277 e. The van der Waals surface area contributed by atoms with E-state index in [1.165, 1.54) is 18.2 Å². The second-order valence-electron chi connectivity index (χ2n) is 4.67. The van der Waals surface area contributed by atoms with Gasteiger partial charge in [-0.2, -0.15) is 0 Å². The molecule has 0 bridgehead atoms. The first-order valence-electron chi connectivity index (χ1n) is 6.52. The van der Waals surface area contributed by atoms with Crippen LogP contribution in [0.1, 0.15) is 10.5 Å². The Morgan fingerprint density at radius 2 is 1.96 bits per heavy atom. The maximum atomic E-state index is 13.1. The molecule has 0 fully saturated rings. The molecule has 0 saturated heterocycles. The molecular weight excluding hydrogens is 342 g/mol. The molecule has 0 unspecified atom stereocenters. The van der Waals surface area contributed by atoms with Crippen molar-refractivity contribution < 1.29 is 13.7 Å². The lowest BCUT2D eigenvalue weighted by atomic mass is 10.1. The van der Waals surface area contributed by atoms with E-state index in [0.717, 1.165) is 6.07 Å². The van der Waals surface area contributed by atoms with Gasteiger partial charge in [0, 0.05) is 22.3 Å². The van der Waals surface area contributed by atoms with Crippen LogP contribution in [0.25, 0.3) is 11.3 Å². The van der Waals surface area contributed by atoms with Gasteiger partial charge < -0.3 is 9.84 Å². The third kappa shape index (κ3) is 3.52. The Bertz CT molecular complexity index is 880. The number of aromatic nitrogens is 1. The zero-order valence-corrected chi connectivity index (χ0v) is 13.0. The van der Waals surface area contributed by atoms with Crippen LogP contribution >= 0.6 is 23.2 Å². The molecule has 3 aromatic rings. The highest BCUT2D eigenvalue weighted by Gasteiger charge is 2.14. The van der Waals surface area contributed by atoms with Crippen molar-refractivity contribution in [3.8, 4) is 11.3 Å². The fraction of sp³-hybridized carbons (Fsp3) is 0. The normalized spacial score (nSPS) is 10.6. The zero-order valence-electron chi connectivity index (χ0n) is 11.5. The molecule has 0 saturated carbocycles. The fourth-order valence-corrected chi connectivity index (χ4v) is 2.30. The van der Waals surface area contributed by atoms with Gasteiger partial charge >= 0.3 is 0 Å². The molecular formula is C16H9Cl2FN2O2. The lowest BCUT2D eigenvalue weighted by molar-refractivity contribution is 0.101. The van der Waals surface area contributed by atoms with Crippen molar-refractivity contribution in [2.45, 2.75) is 0 Å². The number of carbonyl (C=O) groups is 1. The van der Waals surface area contributed by atoms with Crippen molar-refractivity contribution in [2.75, 3.05) is 5.32 Å². The Balaban J connectivity index is 1.79. The summed E-state index contributed by atoms with van der Waals surface area (Å²) in [5, 5.41) is 6.75. The van der Waals surface area contributed by atoms with E-state index >= 15 is 0 Å². The van der Waals surface area contributed by atoms with Gasteiger partial charge in [-0.25, -0.2) is 4.39 Å². The quantitative estimate of drug-likeness (QED) is 0.719. The lowest BCUT2D eigenvalue weighted by Crippen LogP contribution is -2.12. The Morgan fingerprint density at radius 3 is 2.70 bits per heavy atom. The standard InChI is InChI=1S/C16H9Cl2FN2O2/c17-10-3-1-2-9(6-10)15-8-14(21-23-15)16(22)20-11-4-5-13(19)12(18)7-11/h1-8H,(H,20,22). The minimum Gasteiger partial charge on any atom is -0.355 e. The second kappa shape index (κ2) is 6.40. The third-order valence-electron chi connectivity index (χ3n) is 3.03.